The summed E-state index contributed by atoms with van der Waals surface area (Å²) < 4.78 is 11.5. The van der Waals surface area contributed by atoms with E-state index in [1.165, 1.54) is 11.3 Å². The van der Waals surface area contributed by atoms with Crippen LogP contribution < -0.4 is 4.90 Å². The number of hydrogen-bond donors (Lipinski definition) is 1. The quantitative estimate of drug-likeness (QED) is 0.275. The van der Waals surface area contributed by atoms with Gasteiger partial charge in [-0.05, 0) is 68.2 Å². The van der Waals surface area contributed by atoms with Crippen molar-refractivity contribution in [2.75, 3.05) is 18.1 Å². The van der Waals surface area contributed by atoms with E-state index in [4.69, 9.17) is 9.15 Å². The molecule has 8 heteroatoms. The van der Waals surface area contributed by atoms with Gasteiger partial charge >= 0.3 is 5.97 Å². The SMILES string of the molecule is CC1CCC(C(=O)N(c2cc(-c3ccc(-c4cc5ncccc5o4)cc3)sc2C(=O)O)C2CCOCC2)CC1. The lowest BCUT2D eigenvalue weighted by molar-refractivity contribution is -0.124. The number of carboxylic acid groups (broad SMARTS) is 1. The van der Waals surface area contributed by atoms with E-state index in [0.717, 1.165) is 58.5 Å². The summed E-state index contributed by atoms with van der Waals surface area (Å²) in [5.41, 5.74) is 3.87. The highest BCUT2D eigenvalue weighted by molar-refractivity contribution is 7.18. The van der Waals surface area contributed by atoms with Crippen molar-refractivity contribution in [3.63, 3.8) is 0 Å². The van der Waals surface area contributed by atoms with E-state index in [1.807, 2.05) is 53.4 Å². The lowest BCUT2D eigenvalue weighted by Gasteiger charge is -2.37. The average Bonchev–Trinajstić information content (AvgIpc) is 3.60. The normalized spacial score (nSPS) is 20.2. The van der Waals surface area contributed by atoms with Gasteiger partial charge in [-0.1, -0.05) is 31.2 Å². The molecule has 0 atom stereocenters. The van der Waals surface area contributed by atoms with Crippen molar-refractivity contribution in [2.24, 2.45) is 11.8 Å². The van der Waals surface area contributed by atoms with Crippen molar-refractivity contribution in [1.29, 1.82) is 0 Å². The van der Waals surface area contributed by atoms with Crippen LogP contribution in [0.15, 0.2) is 59.1 Å². The topological polar surface area (TPSA) is 92.9 Å². The number of furan rings is 1. The van der Waals surface area contributed by atoms with E-state index in [9.17, 15) is 14.7 Å². The number of carbonyl (C=O) groups is 2. The molecule has 6 rings (SSSR count). The Morgan fingerprint density at radius 3 is 2.38 bits per heavy atom. The van der Waals surface area contributed by atoms with Gasteiger partial charge in [0.05, 0.1) is 5.69 Å². The number of carboxylic acids is 1. The molecular weight excluding hydrogens is 512 g/mol. The highest BCUT2D eigenvalue weighted by Gasteiger charge is 2.36. The van der Waals surface area contributed by atoms with Gasteiger partial charge in [0, 0.05) is 47.9 Å². The second-order valence-electron chi connectivity index (χ2n) is 10.7. The smallest absolute Gasteiger partial charge is 0.348 e. The Morgan fingerprint density at radius 1 is 0.974 bits per heavy atom. The average molecular weight is 545 g/mol. The van der Waals surface area contributed by atoms with Crippen molar-refractivity contribution in [1.82, 2.24) is 4.98 Å². The molecule has 1 saturated carbocycles. The molecule has 1 aliphatic carbocycles. The second kappa shape index (κ2) is 10.9. The Hall–Kier alpha value is -3.49. The molecule has 7 nitrogen and oxygen atoms in total. The Morgan fingerprint density at radius 2 is 1.69 bits per heavy atom. The molecule has 0 spiro atoms. The molecule has 2 aliphatic rings. The molecule has 1 amide bonds. The van der Waals surface area contributed by atoms with Crippen molar-refractivity contribution < 1.29 is 23.8 Å². The van der Waals surface area contributed by atoms with Crippen LogP contribution in [-0.4, -0.2) is 41.2 Å². The van der Waals surface area contributed by atoms with Crippen LogP contribution in [-0.2, 0) is 9.53 Å². The van der Waals surface area contributed by atoms with Gasteiger partial charge in [-0.15, -0.1) is 11.3 Å². The maximum absolute atomic E-state index is 14.0. The molecule has 4 heterocycles. The van der Waals surface area contributed by atoms with Crippen LogP contribution in [0.1, 0.15) is 55.1 Å². The summed E-state index contributed by atoms with van der Waals surface area (Å²) in [5, 5.41) is 10.2. The first-order valence-electron chi connectivity index (χ1n) is 13.7. The second-order valence-corrected chi connectivity index (χ2v) is 11.8. The van der Waals surface area contributed by atoms with Gasteiger partial charge in [-0.2, -0.15) is 0 Å². The minimum Gasteiger partial charge on any atom is -0.477 e. The number of anilines is 1. The number of nitrogens with zero attached hydrogens (tertiary/aromatic N) is 2. The van der Waals surface area contributed by atoms with Crippen LogP contribution in [0.5, 0.6) is 0 Å². The molecule has 0 unspecified atom stereocenters. The zero-order valence-electron chi connectivity index (χ0n) is 22.0. The summed E-state index contributed by atoms with van der Waals surface area (Å²) in [6.45, 7) is 3.39. The Balaban J connectivity index is 1.34. The van der Waals surface area contributed by atoms with Gasteiger partial charge in [0.15, 0.2) is 5.58 Å². The van der Waals surface area contributed by atoms with Crippen molar-refractivity contribution in [3.8, 4) is 21.8 Å². The van der Waals surface area contributed by atoms with Gasteiger partial charge in [0.1, 0.15) is 16.2 Å². The van der Waals surface area contributed by atoms with Gasteiger partial charge < -0.3 is 19.2 Å². The minimum absolute atomic E-state index is 0.0600. The van der Waals surface area contributed by atoms with Crippen LogP contribution in [0.3, 0.4) is 0 Å². The monoisotopic (exact) mass is 544 g/mol. The third-order valence-electron chi connectivity index (χ3n) is 8.07. The molecule has 1 aromatic carbocycles. The highest BCUT2D eigenvalue weighted by atomic mass is 32.1. The summed E-state index contributed by atoms with van der Waals surface area (Å²) in [6.07, 6.45) is 6.94. The lowest BCUT2D eigenvalue weighted by atomic mass is 9.82. The first kappa shape index (κ1) is 25.8. The Kier molecular flexibility index (Phi) is 7.23. The van der Waals surface area contributed by atoms with E-state index in [0.29, 0.717) is 37.7 Å². The number of hydrogen-bond acceptors (Lipinski definition) is 6. The summed E-state index contributed by atoms with van der Waals surface area (Å²) >= 11 is 1.22. The molecule has 1 N–H and O–H groups in total. The van der Waals surface area contributed by atoms with E-state index >= 15 is 0 Å². The molecular formula is C31H32N2O5S. The Bertz CT molecular complexity index is 1440. The number of rotatable bonds is 6. The molecule has 1 aliphatic heterocycles. The fourth-order valence-corrected chi connectivity index (χ4v) is 6.80. The molecule has 4 aromatic rings. The molecule has 0 radical (unpaired) electrons. The zero-order valence-corrected chi connectivity index (χ0v) is 22.8. The van der Waals surface area contributed by atoms with E-state index in [2.05, 4.69) is 11.9 Å². The number of aromatic carboxylic acids is 1. The van der Waals surface area contributed by atoms with Crippen molar-refractivity contribution in [3.05, 3.63) is 59.6 Å². The van der Waals surface area contributed by atoms with E-state index in [-0.39, 0.29) is 22.7 Å². The number of aromatic nitrogens is 1. The first-order valence-corrected chi connectivity index (χ1v) is 14.5. The first-order chi connectivity index (χ1) is 19.0. The summed E-state index contributed by atoms with van der Waals surface area (Å²) in [7, 11) is 0. The van der Waals surface area contributed by atoms with E-state index < -0.39 is 5.97 Å². The highest BCUT2D eigenvalue weighted by Crippen LogP contribution is 2.41. The molecule has 3 aromatic heterocycles. The number of thiophene rings is 1. The van der Waals surface area contributed by atoms with Crippen LogP contribution >= 0.6 is 11.3 Å². The number of carbonyl (C=O) groups excluding carboxylic acids is 1. The van der Waals surface area contributed by atoms with Crippen LogP contribution in [0.4, 0.5) is 5.69 Å². The zero-order chi connectivity index (χ0) is 26.9. The third-order valence-corrected chi connectivity index (χ3v) is 9.23. The van der Waals surface area contributed by atoms with Crippen LogP contribution in [0.2, 0.25) is 0 Å². The largest absolute Gasteiger partial charge is 0.477 e. The maximum atomic E-state index is 14.0. The predicted octanol–water partition coefficient (Wildman–Crippen LogP) is 7.26. The van der Waals surface area contributed by atoms with Gasteiger partial charge in [-0.3, -0.25) is 9.78 Å². The van der Waals surface area contributed by atoms with Crippen molar-refractivity contribution >= 4 is 40.0 Å². The van der Waals surface area contributed by atoms with Gasteiger partial charge in [0.2, 0.25) is 5.91 Å². The fraction of sp³-hybridized carbons (Fsp3) is 0.387. The molecule has 202 valence electrons. The summed E-state index contributed by atoms with van der Waals surface area (Å²) in [4.78, 5) is 33.6. The third kappa shape index (κ3) is 5.23. The van der Waals surface area contributed by atoms with Crippen LogP contribution in [0.25, 0.3) is 32.9 Å². The molecule has 1 saturated heterocycles. The summed E-state index contributed by atoms with van der Waals surface area (Å²) in [6, 6.07) is 15.4. The van der Waals surface area contributed by atoms with Crippen LogP contribution in [0, 0.1) is 11.8 Å². The van der Waals surface area contributed by atoms with Crippen molar-refractivity contribution in [2.45, 2.75) is 51.5 Å². The maximum Gasteiger partial charge on any atom is 0.348 e. The lowest BCUT2D eigenvalue weighted by Crippen LogP contribution is -2.47. The molecule has 2 fully saturated rings. The number of fused-ring (bicyclic) bond motifs is 1. The molecule has 0 bridgehead atoms. The number of ether oxygens (including phenoxy) is 1. The van der Waals surface area contributed by atoms with E-state index in [1.54, 1.807) is 6.20 Å². The number of benzene rings is 1. The standard InChI is InChI=1S/C31H32N2O5S/c1-19-4-6-22(7-5-19)30(34)33(23-12-15-37-16-13-23)25-18-28(39-29(25)31(35)36)21-10-8-20(9-11-21)27-17-24-26(38-27)3-2-14-32-24/h2-3,8-11,14,17-19,22-23H,4-7,12-13,15-16H2,1H3,(H,35,36). The minimum atomic E-state index is -1.00. The van der Waals surface area contributed by atoms with Gasteiger partial charge in [0.25, 0.3) is 0 Å². The number of amides is 1. The predicted molar refractivity (Wildman–Crippen MR) is 152 cm³/mol. The Labute approximate surface area is 231 Å². The number of pyridine rings is 1. The fourth-order valence-electron chi connectivity index (χ4n) is 5.81. The molecule has 39 heavy (non-hydrogen) atoms. The van der Waals surface area contributed by atoms with Gasteiger partial charge in [-0.25, -0.2) is 4.79 Å². The summed E-state index contributed by atoms with van der Waals surface area (Å²) in [5.74, 6) is 0.356.